The zero-order chi connectivity index (χ0) is 21.8. The lowest BCUT2D eigenvalue weighted by atomic mass is 10.0. The van der Waals surface area contributed by atoms with Crippen molar-refractivity contribution in [3.63, 3.8) is 0 Å². The summed E-state index contributed by atoms with van der Waals surface area (Å²) in [6.07, 6.45) is 1.18. The second-order valence-electron chi connectivity index (χ2n) is 7.04. The van der Waals surface area contributed by atoms with E-state index in [4.69, 9.17) is 9.47 Å². The van der Waals surface area contributed by atoms with Crippen LogP contribution in [0, 0.1) is 0 Å². The number of amides is 2. The van der Waals surface area contributed by atoms with E-state index < -0.39 is 6.04 Å². The van der Waals surface area contributed by atoms with Crippen LogP contribution in [0.2, 0.25) is 0 Å². The van der Waals surface area contributed by atoms with Crippen LogP contribution in [-0.2, 0) is 27.3 Å². The van der Waals surface area contributed by atoms with Gasteiger partial charge in [-0.25, -0.2) is 0 Å². The first-order valence-electron chi connectivity index (χ1n) is 10.3. The third-order valence-electron chi connectivity index (χ3n) is 4.84. The molecule has 0 fully saturated rings. The Morgan fingerprint density at radius 3 is 2.33 bits per heavy atom. The summed E-state index contributed by atoms with van der Waals surface area (Å²) in [5, 5.41) is 2.97. The molecule has 2 rings (SSSR count). The highest BCUT2D eigenvalue weighted by atomic mass is 16.5. The lowest BCUT2D eigenvalue weighted by molar-refractivity contribution is -0.139. The van der Waals surface area contributed by atoms with Crippen LogP contribution in [0.4, 0.5) is 0 Å². The quantitative estimate of drug-likeness (QED) is 0.544. The van der Waals surface area contributed by atoms with E-state index in [0.29, 0.717) is 32.7 Å². The van der Waals surface area contributed by atoms with Crippen molar-refractivity contribution in [2.24, 2.45) is 0 Å². The van der Waals surface area contributed by atoms with Gasteiger partial charge in [-0.2, -0.15) is 0 Å². The molecule has 0 unspecified atom stereocenters. The van der Waals surface area contributed by atoms with Crippen LogP contribution < -0.4 is 10.1 Å². The van der Waals surface area contributed by atoms with Crippen molar-refractivity contribution in [1.29, 1.82) is 0 Å². The van der Waals surface area contributed by atoms with Gasteiger partial charge in [0.2, 0.25) is 11.8 Å². The van der Waals surface area contributed by atoms with Gasteiger partial charge in [-0.1, -0.05) is 42.5 Å². The molecule has 30 heavy (non-hydrogen) atoms. The number of ether oxygens (including phenoxy) is 2. The smallest absolute Gasteiger partial charge is 0.243 e. The third kappa shape index (κ3) is 7.52. The first kappa shape index (κ1) is 23.4. The Morgan fingerprint density at radius 2 is 1.73 bits per heavy atom. The van der Waals surface area contributed by atoms with Gasteiger partial charge in [-0.3, -0.25) is 9.59 Å². The second-order valence-corrected chi connectivity index (χ2v) is 7.04. The predicted octanol–water partition coefficient (Wildman–Crippen LogP) is 3.20. The lowest BCUT2D eigenvalue weighted by Crippen LogP contribution is -2.50. The fourth-order valence-corrected chi connectivity index (χ4v) is 3.20. The largest absolute Gasteiger partial charge is 0.497 e. The number of carbonyl (C=O) groups excluding carboxylic acids is 2. The molecule has 0 aliphatic carbocycles. The summed E-state index contributed by atoms with van der Waals surface area (Å²) in [6.45, 7) is 5.57. The zero-order valence-electron chi connectivity index (χ0n) is 18.1. The molecule has 0 aromatic heterocycles. The molecule has 0 aliphatic rings. The third-order valence-corrected chi connectivity index (χ3v) is 4.84. The summed E-state index contributed by atoms with van der Waals surface area (Å²) in [7, 11) is 1.61. The van der Waals surface area contributed by atoms with Crippen LogP contribution in [-0.4, -0.2) is 49.6 Å². The van der Waals surface area contributed by atoms with Gasteiger partial charge in [-0.05, 0) is 36.6 Å². The highest BCUT2D eigenvalue weighted by Crippen LogP contribution is 2.17. The van der Waals surface area contributed by atoms with Gasteiger partial charge in [0.05, 0.1) is 7.11 Å². The van der Waals surface area contributed by atoms with Crippen LogP contribution in [0.1, 0.15) is 31.4 Å². The average Bonchev–Trinajstić information content (AvgIpc) is 2.76. The minimum absolute atomic E-state index is 0.142. The van der Waals surface area contributed by atoms with Crippen LogP contribution in [0.25, 0.3) is 0 Å². The van der Waals surface area contributed by atoms with Gasteiger partial charge in [-0.15, -0.1) is 0 Å². The topological polar surface area (TPSA) is 67.9 Å². The maximum Gasteiger partial charge on any atom is 0.243 e. The van der Waals surface area contributed by atoms with Crippen molar-refractivity contribution >= 4 is 11.8 Å². The van der Waals surface area contributed by atoms with Gasteiger partial charge < -0.3 is 19.7 Å². The number of hydrogen-bond donors (Lipinski definition) is 1. The van der Waals surface area contributed by atoms with Crippen LogP contribution in [0.15, 0.2) is 54.6 Å². The Hall–Kier alpha value is -2.86. The number of nitrogens with zero attached hydrogens (tertiary/aromatic N) is 1. The fourth-order valence-electron chi connectivity index (χ4n) is 3.20. The second kappa shape index (κ2) is 12.6. The molecule has 6 nitrogen and oxygen atoms in total. The van der Waals surface area contributed by atoms with Crippen molar-refractivity contribution in [2.45, 2.75) is 39.3 Å². The van der Waals surface area contributed by atoms with E-state index in [9.17, 15) is 9.59 Å². The molecule has 0 spiro atoms. The summed E-state index contributed by atoms with van der Waals surface area (Å²) >= 11 is 0. The fraction of sp³-hybridized carbons (Fsp3) is 0.417. The number of nitrogens with one attached hydrogen (secondary N) is 1. The number of hydrogen-bond acceptors (Lipinski definition) is 4. The maximum atomic E-state index is 13.1. The standard InChI is InChI=1S/C24H32N2O4/c1-4-30-16-8-15-25-24(28)23(17-20-9-6-5-7-10-20)26(19(2)27)18-21-11-13-22(29-3)14-12-21/h5-7,9-14,23H,4,8,15-18H2,1-3H3,(H,25,28)/t23-/m0/s1. The molecule has 0 saturated carbocycles. The Labute approximate surface area is 179 Å². The highest BCUT2D eigenvalue weighted by molar-refractivity contribution is 5.87. The summed E-state index contributed by atoms with van der Waals surface area (Å²) in [4.78, 5) is 27.2. The van der Waals surface area contributed by atoms with Gasteiger partial charge in [0.25, 0.3) is 0 Å². The Bertz CT molecular complexity index is 778. The van der Waals surface area contributed by atoms with Gasteiger partial charge >= 0.3 is 0 Å². The van der Waals surface area contributed by atoms with E-state index >= 15 is 0 Å². The normalized spacial score (nSPS) is 11.6. The minimum Gasteiger partial charge on any atom is -0.497 e. The van der Waals surface area contributed by atoms with Crippen LogP contribution >= 0.6 is 0 Å². The number of benzene rings is 2. The lowest BCUT2D eigenvalue weighted by Gasteiger charge is -2.30. The molecule has 1 atom stereocenters. The van der Waals surface area contributed by atoms with Gasteiger partial charge in [0.1, 0.15) is 11.8 Å². The van der Waals surface area contributed by atoms with Crippen molar-refractivity contribution in [3.8, 4) is 5.75 Å². The molecule has 2 amide bonds. The van der Waals surface area contributed by atoms with E-state index in [2.05, 4.69) is 5.32 Å². The zero-order valence-corrected chi connectivity index (χ0v) is 18.1. The summed E-state index contributed by atoms with van der Waals surface area (Å²) in [5.41, 5.74) is 1.95. The molecule has 6 heteroatoms. The molecule has 162 valence electrons. The average molecular weight is 413 g/mol. The number of rotatable bonds is 12. The summed E-state index contributed by atoms with van der Waals surface area (Å²) in [6, 6.07) is 16.7. The van der Waals surface area contributed by atoms with E-state index in [1.54, 1.807) is 12.0 Å². The van der Waals surface area contributed by atoms with E-state index in [-0.39, 0.29) is 11.8 Å². The first-order valence-corrected chi connectivity index (χ1v) is 10.3. The summed E-state index contributed by atoms with van der Waals surface area (Å²) in [5.74, 6) is 0.455. The Balaban J connectivity index is 2.16. The van der Waals surface area contributed by atoms with E-state index in [1.807, 2.05) is 61.5 Å². The molecule has 2 aromatic carbocycles. The van der Waals surface area contributed by atoms with E-state index in [1.165, 1.54) is 6.92 Å². The van der Waals surface area contributed by atoms with Crippen molar-refractivity contribution in [3.05, 3.63) is 65.7 Å². The Kier molecular flexibility index (Phi) is 9.87. The molecule has 1 N–H and O–H groups in total. The molecule has 0 radical (unpaired) electrons. The maximum absolute atomic E-state index is 13.1. The van der Waals surface area contributed by atoms with Crippen LogP contribution in [0.5, 0.6) is 5.75 Å². The van der Waals surface area contributed by atoms with E-state index in [0.717, 1.165) is 23.3 Å². The van der Waals surface area contributed by atoms with Gasteiger partial charge in [0.15, 0.2) is 0 Å². The molecular formula is C24H32N2O4. The van der Waals surface area contributed by atoms with Crippen LogP contribution in [0.3, 0.4) is 0 Å². The summed E-state index contributed by atoms with van der Waals surface area (Å²) < 4.78 is 10.5. The highest BCUT2D eigenvalue weighted by Gasteiger charge is 2.28. The first-order chi connectivity index (χ1) is 14.5. The minimum atomic E-state index is -0.598. The SMILES string of the molecule is CCOCCCNC(=O)[C@H](Cc1ccccc1)N(Cc1ccc(OC)cc1)C(C)=O. The molecular weight excluding hydrogens is 380 g/mol. The number of methoxy groups -OCH3 is 1. The van der Waals surface area contributed by atoms with Crippen molar-refractivity contribution in [2.75, 3.05) is 26.9 Å². The molecule has 0 saturated heterocycles. The molecule has 0 heterocycles. The van der Waals surface area contributed by atoms with Crippen molar-refractivity contribution in [1.82, 2.24) is 10.2 Å². The van der Waals surface area contributed by atoms with Crippen molar-refractivity contribution < 1.29 is 19.1 Å². The number of carbonyl (C=O) groups is 2. The monoisotopic (exact) mass is 412 g/mol. The van der Waals surface area contributed by atoms with Gasteiger partial charge in [0, 0.05) is 39.6 Å². The molecule has 0 bridgehead atoms. The molecule has 2 aromatic rings. The molecule has 0 aliphatic heterocycles. The predicted molar refractivity (Wildman–Crippen MR) is 117 cm³/mol. The Morgan fingerprint density at radius 1 is 1.03 bits per heavy atom.